The molecule has 1 aliphatic heterocycles. The van der Waals surface area contributed by atoms with Crippen LogP contribution in [0.5, 0.6) is 0 Å². The summed E-state index contributed by atoms with van der Waals surface area (Å²) in [6, 6.07) is 0. The lowest BCUT2D eigenvalue weighted by molar-refractivity contribution is -0.152. The number of allylic oxidation sites excluding steroid dienone is 1. The van der Waals surface area contributed by atoms with Gasteiger partial charge >= 0.3 is 5.97 Å². The van der Waals surface area contributed by atoms with Crippen LogP contribution in [0, 0.1) is 17.8 Å². The van der Waals surface area contributed by atoms with E-state index < -0.39 is 0 Å². The van der Waals surface area contributed by atoms with Crippen molar-refractivity contribution in [2.75, 3.05) is 0 Å². The highest BCUT2D eigenvalue weighted by Gasteiger charge is 2.23. The molecule has 0 bridgehead atoms. The Labute approximate surface area is 79.0 Å². The van der Waals surface area contributed by atoms with E-state index in [-0.39, 0.29) is 12.1 Å². The highest BCUT2D eigenvalue weighted by molar-refractivity contribution is 5.71. The Morgan fingerprint density at radius 2 is 2.38 bits per heavy atom. The standard InChI is InChI=1S/C11H14O2/c1-8(2)4-5-10-6-9(3)7-11(12)13-10/h9-10H,1,6-7H2,2-3H3/t9-,10-/m1/s1. The van der Waals surface area contributed by atoms with E-state index in [1.807, 2.05) is 13.8 Å². The molecule has 0 N–H and O–H groups in total. The van der Waals surface area contributed by atoms with E-state index >= 15 is 0 Å². The van der Waals surface area contributed by atoms with Crippen molar-refractivity contribution in [2.45, 2.75) is 32.8 Å². The van der Waals surface area contributed by atoms with E-state index in [4.69, 9.17) is 4.74 Å². The first kappa shape index (κ1) is 9.85. The summed E-state index contributed by atoms with van der Waals surface area (Å²) in [6.07, 6.45) is 1.13. The molecule has 0 amide bonds. The average Bonchev–Trinajstić information content (AvgIpc) is 1.99. The predicted octanol–water partition coefficient (Wildman–Crippen LogP) is 1.91. The Bertz CT molecular complexity index is 280. The van der Waals surface area contributed by atoms with Crippen LogP contribution in [-0.2, 0) is 9.53 Å². The summed E-state index contributed by atoms with van der Waals surface area (Å²) in [5.41, 5.74) is 0.800. The van der Waals surface area contributed by atoms with Crippen LogP contribution in [0.2, 0.25) is 0 Å². The molecular weight excluding hydrogens is 164 g/mol. The van der Waals surface area contributed by atoms with Crippen molar-refractivity contribution < 1.29 is 9.53 Å². The number of hydrogen-bond donors (Lipinski definition) is 0. The summed E-state index contributed by atoms with van der Waals surface area (Å²) >= 11 is 0. The molecule has 2 atom stereocenters. The van der Waals surface area contributed by atoms with Gasteiger partial charge in [-0.15, -0.1) is 0 Å². The SMILES string of the molecule is C=C(C)C#C[C@@H]1C[C@@H](C)CC(=O)O1. The van der Waals surface area contributed by atoms with E-state index in [0.29, 0.717) is 12.3 Å². The number of carbonyl (C=O) groups is 1. The minimum atomic E-state index is -0.229. The molecule has 0 spiro atoms. The molecule has 70 valence electrons. The number of ether oxygens (including phenoxy) is 1. The molecule has 0 radical (unpaired) electrons. The maximum Gasteiger partial charge on any atom is 0.307 e. The van der Waals surface area contributed by atoms with Gasteiger partial charge in [0.25, 0.3) is 0 Å². The third kappa shape index (κ3) is 3.33. The Morgan fingerprint density at radius 1 is 1.69 bits per heavy atom. The second kappa shape index (κ2) is 4.13. The first-order valence-electron chi connectivity index (χ1n) is 4.44. The smallest absolute Gasteiger partial charge is 0.307 e. The quantitative estimate of drug-likeness (QED) is 0.418. The molecule has 1 rings (SSSR count). The Morgan fingerprint density at radius 3 is 2.92 bits per heavy atom. The topological polar surface area (TPSA) is 26.3 Å². The highest BCUT2D eigenvalue weighted by Crippen LogP contribution is 2.19. The first-order valence-corrected chi connectivity index (χ1v) is 4.44. The van der Waals surface area contributed by atoms with Gasteiger partial charge in [0, 0.05) is 6.42 Å². The zero-order chi connectivity index (χ0) is 9.84. The van der Waals surface area contributed by atoms with Crippen LogP contribution < -0.4 is 0 Å². The van der Waals surface area contributed by atoms with Gasteiger partial charge in [-0.3, -0.25) is 4.79 Å². The molecular formula is C11H14O2. The molecule has 1 saturated heterocycles. The number of esters is 1. The van der Waals surface area contributed by atoms with E-state index in [1.54, 1.807) is 0 Å². The van der Waals surface area contributed by atoms with Crippen LogP contribution in [0.3, 0.4) is 0 Å². The fraction of sp³-hybridized carbons (Fsp3) is 0.545. The van der Waals surface area contributed by atoms with Gasteiger partial charge in [0.2, 0.25) is 0 Å². The monoisotopic (exact) mass is 178 g/mol. The van der Waals surface area contributed by atoms with Crippen LogP contribution in [0.1, 0.15) is 26.7 Å². The Balaban J connectivity index is 2.57. The molecule has 0 saturated carbocycles. The summed E-state index contributed by atoms with van der Waals surface area (Å²) < 4.78 is 5.05. The molecule has 1 aliphatic rings. The summed E-state index contributed by atoms with van der Waals surface area (Å²) in [5, 5.41) is 0. The van der Waals surface area contributed by atoms with Gasteiger partial charge in [-0.1, -0.05) is 25.3 Å². The molecule has 0 aliphatic carbocycles. The van der Waals surface area contributed by atoms with E-state index in [9.17, 15) is 4.79 Å². The van der Waals surface area contributed by atoms with Crippen molar-refractivity contribution in [1.82, 2.24) is 0 Å². The average molecular weight is 178 g/mol. The Kier molecular flexibility index (Phi) is 3.13. The fourth-order valence-corrected chi connectivity index (χ4v) is 1.28. The van der Waals surface area contributed by atoms with Crippen LogP contribution in [0.15, 0.2) is 12.2 Å². The first-order chi connectivity index (χ1) is 6.08. The van der Waals surface area contributed by atoms with Gasteiger partial charge in [0.1, 0.15) is 0 Å². The number of cyclic esters (lactones) is 1. The van der Waals surface area contributed by atoms with E-state index in [1.165, 1.54) is 0 Å². The van der Waals surface area contributed by atoms with Crippen molar-refractivity contribution in [3.8, 4) is 11.8 Å². The molecule has 2 nitrogen and oxygen atoms in total. The summed E-state index contributed by atoms with van der Waals surface area (Å²) in [6.45, 7) is 7.54. The highest BCUT2D eigenvalue weighted by atomic mass is 16.5. The maximum absolute atomic E-state index is 11.0. The van der Waals surface area contributed by atoms with Crippen molar-refractivity contribution in [3.05, 3.63) is 12.2 Å². The largest absolute Gasteiger partial charge is 0.449 e. The van der Waals surface area contributed by atoms with Gasteiger partial charge in [-0.25, -0.2) is 0 Å². The van der Waals surface area contributed by atoms with Crippen molar-refractivity contribution >= 4 is 5.97 Å². The fourth-order valence-electron chi connectivity index (χ4n) is 1.28. The zero-order valence-corrected chi connectivity index (χ0v) is 8.09. The normalized spacial score (nSPS) is 27.1. The minimum absolute atomic E-state index is 0.139. The zero-order valence-electron chi connectivity index (χ0n) is 8.09. The number of carbonyl (C=O) groups excluding carboxylic acids is 1. The molecule has 0 unspecified atom stereocenters. The Hall–Kier alpha value is -1.23. The summed E-state index contributed by atoms with van der Waals surface area (Å²) in [7, 11) is 0. The molecule has 1 fully saturated rings. The molecule has 1 heterocycles. The number of hydrogen-bond acceptors (Lipinski definition) is 2. The second-order valence-corrected chi connectivity index (χ2v) is 3.57. The van der Waals surface area contributed by atoms with Gasteiger partial charge in [-0.05, 0) is 24.8 Å². The third-order valence-electron chi connectivity index (χ3n) is 1.85. The van der Waals surface area contributed by atoms with Crippen LogP contribution in [-0.4, -0.2) is 12.1 Å². The lowest BCUT2D eigenvalue weighted by Gasteiger charge is -2.22. The maximum atomic E-state index is 11.0. The number of rotatable bonds is 0. The molecule has 0 aromatic rings. The molecule has 13 heavy (non-hydrogen) atoms. The van der Waals surface area contributed by atoms with Gasteiger partial charge < -0.3 is 4.74 Å². The molecule has 2 heteroatoms. The third-order valence-corrected chi connectivity index (χ3v) is 1.85. The van der Waals surface area contributed by atoms with Crippen LogP contribution >= 0.6 is 0 Å². The van der Waals surface area contributed by atoms with Gasteiger partial charge in [0.15, 0.2) is 6.10 Å². The lowest BCUT2D eigenvalue weighted by Crippen LogP contribution is -2.27. The molecule has 0 aromatic carbocycles. The van der Waals surface area contributed by atoms with Crippen molar-refractivity contribution in [2.24, 2.45) is 5.92 Å². The van der Waals surface area contributed by atoms with Gasteiger partial charge in [0.05, 0.1) is 0 Å². The van der Waals surface area contributed by atoms with Crippen molar-refractivity contribution in [1.29, 1.82) is 0 Å². The van der Waals surface area contributed by atoms with Crippen LogP contribution in [0.4, 0.5) is 0 Å². The van der Waals surface area contributed by atoms with Gasteiger partial charge in [-0.2, -0.15) is 0 Å². The second-order valence-electron chi connectivity index (χ2n) is 3.57. The van der Waals surface area contributed by atoms with Crippen molar-refractivity contribution in [3.63, 3.8) is 0 Å². The van der Waals surface area contributed by atoms with E-state index in [0.717, 1.165) is 12.0 Å². The minimum Gasteiger partial charge on any atom is -0.449 e. The predicted molar refractivity (Wildman–Crippen MR) is 50.9 cm³/mol. The summed E-state index contributed by atoms with van der Waals surface area (Å²) in [4.78, 5) is 11.0. The van der Waals surface area contributed by atoms with Crippen LogP contribution in [0.25, 0.3) is 0 Å². The molecule has 0 aromatic heterocycles. The lowest BCUT2D eigenvalue weighted by atomic mass is 9.97. The summed E-state index contributed by atoms with van der Waals surface area (Å²) in [5.74, 6) is 5.97. The van der Waals surface area contributed by atoms with E-state index in [2.05, 4.69) is 18.4 Å².